The number of methoxy groups -OCH3 is 3. The third-order valence-electron chi connectivity index (χ3n) is 17.4. The number of nitrogens with one attached hydrogen (secondary N) is 3. The Balaban J connectivity index is 0.851. The van der Waals surface area contributed by atoms with Crippen molar-refractivity contribution in [2.75, 3.05) is 62.7 Å². The molecule has 6 heterocycles. The van der Waals surface area contributed by atoms with Crippen molar-refractivity contribution < 1.29 is 95.7 Å². The highest BCUT2D eigenvalue weighted by Crippen LogP contribution is 2.45. The number of esters is 1. The number of hydrogen-bond donors (Lipinski definition) is 4. The maximum absolute atomic E-state index is 14.7. The van der Waals surface area contributed by atoms with Crippen LogP contribution < -0.4 is 44.7 Å². The summed E-state index contributed by atoms with van der Waals surface area (Å²) in [6.45, 7) is 18.1. The first-order valence-electron chi connectivity index (χ1n) is 32.5. The third kappa shape index (κ3) is 16.1. The summed E-state index contributed by atoms with van der Waals surface area (Å²) in [4.78, 5) is 141. The van der Waals surface area contributed by atoms with E-state index in [1.165, 1.54) is 68.4 Å². The summed E-state index contributed by atoms with van der Waals surface area (Å²) < 4.78 is 54.3. The molecule has 4 aromatic carbocycles. The number of hydrogen-bond acceptors (Lipinski definition) is 20. The summed E-state index contributed by atoms with van der Waals surface area (Å²) in [5.41, 5.74) is 2.33. The topological polar surface area (TPSA) is 326 Å². The van der Waals surface area contributed by atoms with Crippen LogP contribution in [-0.4, -0.2) is 175 Å². The molecule has 6 aliphatic heterocycles. The van der Waals surface area contributed by atoms with Gasteiger partial charge in [0.15, 0.2) is 41.7 Å². The molecule has 9 amide bonds. The number of amides is 9. The lowest BCUT2D eigenvalue weighted by Crippen LogP contribution is -2.54. The van der Waals surface area contributed by atoms with E-state index < -0.39 is 114 Å². The van der Waals surface area contributed by atoms with Gasteiger partial charge in [0.25, 0.3) is 23.6 Å². The van der Waals surface area contributed by atoms with Gasteiger partial charge in [0.05, 0.1) is 61.5 Å². The molecule has 0 aromatic heterocycles. The van der Waals surface area contributed by atoms with Gasteiger partial charge in [-0.1, -0.05) is 50.3 Å². The minimum atomic E-state index is -1.66. The summed E-state index contributed by atoms with van der Waals surface area (Å²) in [5.74, 6) is -4.57. The molecule has 4 aromatic rings. The Labute approximate surface area is 572 Å². The van der Waals surface area contributed by atoms with E-state index in [9.17, 15) is 53.1 Å². The first-order valence-corrected chi connectivity index (χ1v) is 32.5. The number of carbonyl (C=O) groups is 10. The zero-order valence-electron chi connectivity index (χ0n) is 56.7. The molecule has 3 fully saturated rings. The Bertz CT molecular complexity index is 3900. The van der Waals surface area contributed by atoms with Gasteiger partial charge in [-0.15, -0.1) is 0 Å². The molecule has 4 N–H and O–H groups in total. The molecule has 526 valence electrons. The number of fused-ring (bicyclic) bond motifs is 4. The number of nitrogens with zero attached hydrogens (tertiary/aromatic N) is 5. The first kappa shape index (κ1) is 71.5. The number of imide groups is 1. The van der Waals surface area contributed by atoms with Gasteiger partial charge >= 0.3 is 18.2 Å². The number of carbonyl (C=O) groups excluding carboxylic acids is 10. The SMILES string of the molecule is C=C1C[C@H]2[C@H](O)N(C(=O)OCc3ccc(NC(=O)[C@H](C)NC(=O)[C@@H](NC(=O)CCN4C(=O)C=CC4=O)C(C)C)cc3)c3cc(OCc4cc(COc5cc6c(cc5OC)C(=O)N5CC(=C)C[C@H]5[C@H](OC5CCCCO5)N6C(=O)OC(C)(C)C)cc(C(=O)OC)c4)c(OC)cc3C(=O)N2C1. The Morgan fingerprint density at radius 3 is 1.80 bits per heavy atom. The lowest BCUT2D eigenvalue weighted by molar-refractivity contribution is -0.195. The van der Waals surface area contributed by atoms with Crippen LogP contribution in [0.25, 0.3) is 0 Å². The summed E-state index contributed by atoms with van der Waals surface area (Å²) >= 11 is 0. The average molecular weight is 1370 g/mol. The Kier molecular flexibility index (Phi) is 21.8. The van der Waals surface area contributed by atoms with Gasteiger partial charge in [0, 0.05) is 62.6 Å². The second-order valence-corrected chi connectivity index (χ2v) is 26.2. The number of aliphatic hydroxyl groups is 1. The van der Waals surface area contributed by atoms with Gasteiger partial charge in [-0.05, 0) is 125 Å². The number of anilines is 3. The van der Waals surface area contributed by atoms with Crippen LogP contribution in [-0.2, 0) is 67.5 Å². The maximum atomic E-state index is 14.7. The maximum Gasteiger partial charge on any atom is 0.417 e. The molecule has 0 bridgehead atoms. The van der Waals surface area contributed by atoms with Crippen LogP contribution >= 0.6 is 0 Å². The fourth-order valence-electron chi connectivity index (χ4n) is 12.4. The smallest absolute Gasteiger partial charge is 0.417 e. The minimum absolute atomic E-state index is 0.0152. The molecular formula is C71H82N8O20. The number of ether oxygens (including phenoxy) is 9. The quantitative estimate of drug-likeness (QED) is 0.0262. The van der Waals surface area contributed by atoms with Crippen LogP contribution in [0.15, 0.2) is 103 Å². The van der Waals surface area contributed by atoms with E-state index in [0.717, 1.165) is 40.4 Å². The molecule has 7 atom stereocenters. The second-order valence-electron chi connectivity index (χ2n) is 26.2. The highest BCUT2D eigenvalue weighted by atomic mass is 16.7. The molecule has 1 unspecified atom stereocenters. The van der Waals surface area contributed by atoms with Gasteiger partial charge in [-0.3, -0.25) is 38.5 Å². The van der Waals surface area contributed by atoms with Crippen LogP contribution in [0.1, 0.15) is 128 Å². The Hall–Kier alpha value is -10.3. The Morgan fingerprint density at radius 1 is 0.677 bits per heavy atom. The van der Waals surface area contributed by atoms with Crippen LogP contribution in [0.2, 0.25) is 0 Å². The van der Waals surface area contributed by atoms with Crippen molar-refractivity contribution in [2.45, 2.75) is 148 Å². The van der Waals surface area contributed by atoms with Crippen molar-refractivity contribution >= 4 is 76.6 Å². The molecule has 3 saturated heterocycles. The monoisotopic (exact) mass is 1370 g/mol. The summed E-state index contributed by atoms with van der Waals surface area (Å²) in [6.07, 6.45) is -0.516. The summed E-state index contributed by atoms with van der Waals surface area (Å²) in [6, 6.07) is 13.1. The average Bonchev–Trinajstić information content (AvgIpc) is 1.62. The predicted octanol–water partition coefficient (Wildman–Crippen LogP) is 7.19. The Morgan fingerprint density at radius 2 is 1.25 bits per heavy atom. The van der Waals surface area contributed by atoms with E-state index in [2.05, 4.69) is 29.1 Å². The minimum Gasteiger partial charge on any atom is -0.493 e. The summed E-state index contributed by atoms with van der Waals surface area (Å²) in [5, 5.41) is 20.1. The zero-order chi connectivity index (χ0) is 71.3. The van der Waals surface area contributed by atoms with Crippen LogP contribution in [0.5, 0.6) is 23.0 Å². The molecular weight excluding hydrogens is 1280 g/mol. The largest absolute Gasteiger partial charge is 0.493 e. The van der Waals surface area contributed by atoms with E-state index in [1.54, 1.807) is 75.9 Å². The standard InChI is InChI=1S/C71H82N8O20/c1-38(2)61(74-57(80)21-22-75-58(81)19-20-59(75)82)63(84)72-41(5)62(83)73-46-17-15-42(16-18-46)35-97-69(89)78-49-31-55(53(91-9)29-47(49)64(85)76-33-39(3)24-51(76)66(78)87)95-36-43-26-44(28-45(27-43)68(88)93-11)37-96-56-32-50-48(30-54(56)92-10)65(86)77-34-40(4)25-52(77)67(98-60-14-12-13-23-94-60)79(50)70(90)99-71(6,7)8/h15-20,26-32,38,41,51-52,60-61,66-67,87H,3-4,12-14,21-25,33-37H2,1-2,5-11H3,(H,72,84)(H,73,83)(H,74,80)/t41-,51-,52-,60?,61-,66-,67-/m0/s1. The van der Waals surface area contributed by atoms with Crippen LogP contribution in [0.3, 0.4) is 0 Å². The van der Waals surface area contributed by atoms with E-state index >= 15 is 0 Å². The van der Waals surface area contributed by atoms with E-state index in [0.29, 0.717) is 47.4 Å². The van der Waals surface area contributed by atoms with E-state index in [-0.39, 0.29) is 103 Å². The zero-order valence-corrected chi connectivity index (χ0v) is 56.7. The lowest BCUT2D eigenvalue weighted by Gasteiger charge is -2.39. The number of benzene rings is 4. The molecule has 99 heavy (non-hydrogen) atoms. The molecule has 0 radical (unpaired) electrons. The van der Waals surface area contributed by atoms with Crippen molar-refractivity contribution in [3.8, 4) is 23.0 Å². The molecule has 0 spiro atoms. The van der Waals surface area contributed by atoms with Crippen molar-refractivity contribution in [1.82, 2.24) is 25.3 Å². The molecule has 10 rings (SSSR count). The predicted molar refractivity (Wildman–Crippen MR) is 355 cm³/mol. The van der Waals surface area contributed by atoms with Crippen molar-refractivity contribution in [2.24, 2.45) is 5.92 Å². The molecule has 28 heteroatoms. The first-order chi connectivity index (χ1) is 47.1. The fraction of sp³-hybridized carbons (Fsp3) is 0.437. The second kappa shape index (κ2) is 30.2. The van der Waals surface area contributed by atoms with Gasteiger partial charge in [0.1, 0.15) is 37.5 Å². The fourth-order valence-corrected chi connectivity index (χ4v) is 12.4. The molecule has 28 nitrogen and oxygen atoms in total. The van der Waals surface area contributed by atoms with Gasteiger partial charge in [-0.25, -0.2) is 24.2 Å². The van der Waals surface area contributed by atoms with E-state index in [1.807, 2.05) is 0 Å². The molecule has 6 aliphatic rings. The highest BCUT2D eigenvalue weighted by molar-refractivity contribution is 6.13. The van der Waals surface area contributed by atoms with Gasteiger partial charge in [-0.2, -0.15) is 0 Å². The highest BCUT2D eigenvalue weighted by Gasteiger charge is 2.50. The van der Waals surface area contributed by atoms with Gasteiger partial charge < -0.3 is 73.5 Å². The van der Waals surface area contributed by atoms with Gasteiger partial charge in [0.2, 0.25) is 17.7 Å². The van der Waals surface area contributed by atoms with Crippen LogP contribution in [0, 0.1) is 5.92 Å². The van der Waals surface area contributed by atoms with Crippen molar-refractivity contribution in [3.63, 3.8) is 0 Å². The normalized spacial score (nSPS) is 20.2. The van der Waals surface area contributed by atoms with Crippen molar-refractivity contribution in [1.29, 1.82) is 0 Å². The number of rotatable bonds is 22. The van der Waals surface area contributed by atoms with E-state index in [4.69, 9.17) is 42.6 Å². The van der Waals surface area contributed by atoms with Crippen LogP contribution in [0.4, 0.5) is 26.7 Å². The lowest BCUT2D eigenvalue weighted by atomic mass is 10.0. The van der Waals surface area contributed by atoms with Crippen molar-refractivity contribution in [3.05, 3.63) is 137 Å². The third-order valence-corrected chi connectivity index (χ3v) is 17.4. The molecule has 0 aliphatic carbocycles. The number of aliphatic hydroxyl groups excluding tert-OH is 1. The molecule has 0 saturated carbocycles. The summed E-state index contributed by atoms with van der Waals surface area (Å²) in [7, 11) is 4.00.